The molecule has 3 aromatic carbocycles. The second-order valence-electron chi connectivity index (χ2n) is 5.45. The van der Waals surface area contributed by atoms with Gasteiger partial charge in [-0.3, -0.25) is 0 Å². The Morgan fingerprint density at radius 2 is 1.64 bits per heavy atom. The number of carbonyl (C=O) groups is 1. The average Bonchev–Trinajstić information content (AvgIpc) is 2.63. The van der Waals surface area contributed by atoms with Crippen molar-refractivity contribution >= 4 is 16.7 Å². The summed E-state index contributed by atoms with van der Waals surface area (Å²) in [6, 6.07) is 16.3. The van der Waals surface area contributed by atoms with Crippen LogP contribution in [-0.2, 0) is 0 Å². The molecule has 3 nitrogen and oxygen atoms in total. The molecule has 0 aliphatic carbocycles. The molecule has 126 valence electrons. The van der Waals surface area contributed by atoms with Crippen LogP contribution in [0.5, 0.6) is 11.5 Å². The maximum Gasteiger partial charge on any atom is 0.343 e. The lowest BCUT2D eigenvalue weighted by Crippen LogP contribution is -2.08. The smallest absolute Gasteiger partial charge is 0.343 e. The molecule has 0 spiro atoms. The van der Waals surface area contributed by atoms with Crippen LogP contribution in [0.4, 0.5) is 4.39 Å². The Kier molecular flexibility index (Phi) is 5.09. The zero-order valence-electron chi connectivity index (χ0n) is 13.7. The molecule has 0 aliphatic rings. The Bertz CT molecular complexity index is 914. The summed E-state index contributed by atoms with van der Waals surface area (Å²) in [5, 5.41) is 1.52. The van der Waals surface area contributed by atoms with Gasteiger partial charge in [-0.15, -0.1) is 0 Å². The summed E-state index contributed by atoms with van der Waals surface area (Å²) in [6.45, 7) is 2.42. The van der Waals surface area contributed by atoms with Crippen molar-refractivity contribution in [3.8, 4) is 11.5 Å². The number of fused-ring (bicyclic) bond motifs is 1. The molecule has 0 saturated carbocycles. The van der Waals surface area contributed by atoms with E-state index in [1.54, 1.807) is 48.5 Å². The molecule has 0 aliphatic heterocycles. The van der Waals surface area contributed by atoms with Crippen LogP contribution < -0.4 is 9.47 Å². The van der Waals surface area contributed by atoms with E-state index in [0.29, 0.717) is 23.7 Å². The first-order valence-corrected chi connectivity index (χ1v) is 7.91. The van der Waals surface area contributed by atoms with Crippen molar-refractivity contribution in [1.29, 1.82) is 0 Å². The molecule has 0 unspecified atom stereocenters. The predicted octanol–water partition coefficient (Wildman–Crippen LogP) is 5.15. The lowest BCUT2D eigenvalue weighted by atomic mass is 10.1. The average molecular weight is 336 g/mol. The van der Waals surface area contributed by atoms with Gasteiger partial charge in [-0.05, 0) is 66.2 Å². The van der Waals surface area contributed by atoms with E-state index in [1.807, 2.05) is 19.1 Å². The second-order valence-corrected chi connectivity index (χ2v) is 5.45. The van der Waals surface area contributed by atoms with Crippen LogP contribution in [0.15, 0.2) is 72.8 Å². The van der Waals surface area contributed by atoms with E-state index in [4.69, 9.17) is 9.47 Å². The maximum atomic E-state index is 13.2. The fourth-order valence-corrected chi connectivity index (χ4v) is 2.35. The fourth-order valence-electron chi connectivity index (χ4n) is 2.35. The van der Waals surface area contributed by atoms with E-state index in [-0.39, 0.29) is 5.82 Å². The Labute approximate surface area is 145 Å². The summed E-state index contributed by atoms with van der Waals surface area (Å²) in [4.78, 5) is 12.3. The molecule has 0 fully saturated rings. The Morgan fingerprint density at radius 1 is 0.960 bits per heavy atom. The van der Waals surface area contributed by atoms with Gasteiger partial charge in [-0.25, -0.2) is 9.18 Å². The predicted molar refractivity (Wildman–Crippen MR) is 95.6 cm³/mol. The van der Waals surface area contributed by atoms with Gasteiger partial charge in [0.2, 0.25) is 0 Å². The topological polar surface area (TPSA) is 35.5 Å². The number of allylic oxidation sites excluding steroid dienone is 1. The van der Waals surface area contributed by atoms with Gasteiger partial charge in [0.05, 0.1) is 5.56 Å². The Morgan fingerprint density at radius 3 is 2.40 bits per heavy atom. The lowest BCUT2D eigenvalue weighted by molar-refractivity contribution is 0.0735. The second kappa shape index (κ2) is 7.62. The summed E-state index contributed by atoms with van der Waals surface area (Å²) < 4.78 is 24.1. The van der Waals surface area contributed by atoms with Gasteiger partial charge in [-0.2, -0.15) is 0 Å². The molecule has 0 amide bonds. The first-order valence-electron chi connectivity index (χ1n) is 7.91. The van der Waals surface area contributed by atoms with Gasteiger partial charge >= 0.3 is 5.97 Å². The van der Waals surface area contributed by atoms with Gasteiger partial charge in [0.1, 0.15) is 23.9 Å². The van der Waals surface area contributed by atoms with Crippen molar-refractivity contribution < 1.29 is 18.7 Å². The molecule has 4 heteroatoms. The van der Waals surface area contributed by atoms with Crippen molar-refractivity contribution in [3.63, 3.8) is 0 Å². The molecule has 25 heavy (non-hydrogen) atoms. The summed E-state index contributed by atoms with van der Waals surface area (Å²) in [7, 11) is 0. The third-order valence-corrected chi connectivity index (χ3v) is 3.65. The number of carbonyl (C=O) groups excluding carboxylic acids is 1. The minimum atomic E-state index is -0.464. The van der Waals surface area contributed by atoms with Crippen molar-refractivity contribution in [2.45, 2.75) is 6.92 Å². The normalized spacial score (nSPS) is 11.0. The first-order chi connectivity index (χ1) is 12.2. The lowest BCUT2D eigenvalue weighted by Gasteiger charge is -2.07. The van der Waals surface area contributed by atoms with Gasteiger partial charge in [-0.1, -0.05) is 24.3 Å². The van der Waals surface area contributed by atoms with E-state index in [2.05, 4.69) is 0 Å². The van der Waals surface area contributed by atoms with Crippen LogP contribution >= 0.6 is 0 Å². The Balaban J connectivity index is 1.70. The summed E-state index contributed by atoms with van der Waals surface area (Å²) in [6.07, 6.45) is 3.81. The molecule has 0 aromatic heterocycles. The maximum absolute atomic E-state index is 13.2. The van der Waals surface area contributed by atoms with E-state index < -0.39 is 5.97 Å². The van der Waals surface area contributed by atoms with Crippen LogP contribution in [0.3, 0.4) is 0 Å². The summed E-state index contributed by atoms with van der Waals surface area (Å²) in [5.41, 5.74) is 0.410. The quantitative estimate of drug-likeness (QED) is 0.367. The third kappa shape index (κ3) is 4.23. The molecule has 0 radical (unpaired) electrons. The van der Waals surface area contributed by atoms with Crippen LogP contribution in [0.25, 0.3) is 10.8 Å². The number of rotatable bonds is 5. The van der Waals surface area contributed by atoms with Crippen molar-refractivity contribution in [1.82, 2.24) is 0 Å². The van der Waals surface area contributed by atoms with Crippen LogP contribution in [-0.4, -0.2) is 12.6 Å². The van der Waals surface area contributed by atoms with Crippen molar-refractivity contribution in [2.75, 3.05) is 6.61 Å². The largest absolute Gasteiger partial charge is 0.490 e. The van der Waals surface area contributed by atoms with Crippen LogP contribution in [0.1, 0.15) is 17.3 Å². The van der Waals surface area contributed by atoms with Gasteiger partial charge in [0.15, 0.2) is 0 Å². The number of benzene rings is 3. The number of hydrogen-bond donors (Lipinski definition) is 0. The number of halogens is 1. The zero-order chi connectivity index (χ0) is 17.6. The molecule has 0 atom stereocenters. The molecule has 3 aromatic rings. The highest BCUT2D eigenvalue weighted by atomic mass is 19.1. The summed E-state index contributed by atoms with van der Waals surface area (Å²) >= 11 is 0. The molecular formula is C21H17FO3. The van der Waals surface area contributed by atoms with Gasteiger partial charge in [0.25, 0.3) is 0 Å². The SMILES string of the molecule is CC=CCOc1ccc(OC(=O)c2ccc3cc(F)ccc3c2)cc1. The van der Waals surface area contributed by atoms with E-state index >= 15 is 0 Å². The Hall–Kier alpha value is -3.14. The van der Waals surface area contributed by atoms with E-state index in [9.17, 15) is 9.18 Å². The molecule has 0 N–H and O–H groups in total. The molecule has 0 bridgehead atoms. The highest BCUT2D eigenvalue weighted by Crippen LogP contribution is 2.21. The molecule has 0 heterocycles. The molecule has 3 rings (SSSR count). The minimum Gasteiger partial charge on any atom is -0.490 e. The minimum absolute atomic E-state index is 0.306. The van der Waals surface area contributed by atoms with Crippen LogP contribution in [0.2, 0.25) is 0 Å². The first kappa shape index (κ1) is 16.7. The van der Waals surface area contributed by atoms with Crippen LogP contribution in [0, 0.1) is 5.82 Å². The summed E-state index contributed by atoms with van der Waals surface area (Å²) in [5.74, 6) is 0.363. The zero-order valence-corrected chi connectivity index (χ0v) is 13.7. The van der Waals surface area contributed by atoms with Crippen molar-refractivity contribution in [3.05, 3.63) is 84.2 Å². The fraction of sp³-hybridized carbons (Fsp3) is 0.0952. The third-order valence-electron chi connectivity index (χ3n) is 3.65. The van der Waals surface area contributed by atoms with Crippen molar-refractivity contribution in [2.24, 2.45) is 0 Å². The highest BCUT2D eigenvalue weighted by Gasteiger charge is 2.10. The molecular weight excluding hydrogens is 319 g/mol. The van der Waals surface area contributed by atoms with E-state index in [0.717, 1.165) is 10.8 Å². The highest BCUT2D eigenvalue weighted by molar-refractivity contribution is 5.96. The monoisotopic (exact) mass is 336 g/mol. The number of hydrogen-bond acceptors (Lipinski definition) is 3. The number of ether oxygens (including phenoxy) is 2. The van der Waals surface area contributed by atoms with Gasteiger partial charge < -0.3 is 9.47 Å². The van der Waals surface area contributed by atoms with Gasteiger partial charge in [0, 0.05) is 0 Å². The van der Waals surface area contributed by atoms with E-state index in [1.165, 1.54) is 12.1 Å². The number of esters is 1. The standard InChI is InChI=1S/C21H17FO3/c1-2-3-12-24-19-8-10-20(11-9-19)25-21(23)17-5-4-16-14-18(22)7-6-15(16)13-17/h2-11,13-14H,12H2,1H3. The molecule has 0 saturated heterocycles.